The Hall–Kier alpha value is -2.21. The molecule has 0 heterocycles. The number of allylic oxidation sites excluding steroid dienone is 2. The summed E-state index contributed by atoms with van der Waals surface area (Å²) in [6.45, 7) is 7.16. The molecule has 5 N–H and O–H groups in total. The lowest BCUT2D eigenvalue weighted by atomic mass is 9.54. The number of fused-ring (bicyclic) bond motifs is 3. The van der Waals surface area contributed by atoms with Crippen molar-refractivity contribution in [3.8, 4) is 17.2 Å². The number of aromatic hydroxyl groups is 3. The van der Waals surface area contributed by atoms with Gasteiger partial charge in [0, 0.05) is 23.0 Å². The van der Waals surface area contributed by atoms with E-state index in [9.17, 15) is 30.3 Å². The Balaban J connectivity index is 2.40. The summed E-state index contributed by atoms with van der Waals surface area (Å²) in [5, 5.41) is 52.2. The molecule has 3 rings (SSSR count). The van der Waals surface area contributed by atoms with Gasteiger partial charge < -0.3 is 25.5 Å². The monoisotopic (exact) mass is 362 g/mol. The van der Waals surface area contributed by atoms with Crippen LogP contribution in [0.3, 0.4) is 0 Å². The molecule has 1 fully saturated rings. The zero-order valence-electron chi connectivity index (χ0n) is 15.6. The lowest BCUT2D eigenvalue weighted by Gasteiger charge is -2.49. The van der Waals surface area contributed by atoms with Crippen LogP contribution in [-0.4, -0.2) is 37.4 Å². The van der Waals surface area contributed by atoms with E-state index in [1.54, 1.807) is 0 Å². The predicted molar refractivity (Wildman–Crippen MR) is 95.8 cm³/mol. The average molecular weight is 362 g/mol. The topological polar surface area (TPSA) is 118 Å². The minimum Gasteiger partial charge on any atom is -0.507 e. The summed E-state index contributed by atoms with van der Waals surface area (Å²) >= 11 is 0. The average Bonchev–Trinajstić information content (AvgIpc) is 2.51. The molecular weight excluding hydrogens is 336 g/mol. The molecule has 2 aliphatic carbocycles. The third kappa shape index (κ3) is 2.31. The van der Waals surface area contributed by atoms with Gasteiger partial charge in [-0.15, -0.1) is 0 Å². The number of phenols is 3. The maximum absolute atomic E-state index is 12.9. The standard InChI is InChI=1S/C20H26O6/c1-9(21)8-10-13(22)11-12(16(25)14(10)23)20(4)7-5-6-19(2,3)18(20)17(26)15(11)24/h9,21-23,25-26H,5-8H2,1-4H3/t9-,20+/m0/s1. The number of hydrogen-bond acceptors (Lipinski definition) is 6. The molecule has 1 aromatic rings. The van der Waals surface area contributed by atoms with Crippen LogP contribution >= 0.6 is 0 Å². The molecule has 0 spiro atoms. The van der Waals surface area contributed by atoms with E-state index < -0.39 is 45.7 Å². The van der Waals surface area contributed by atoms with Gasteiger partial charge in [0.1, 0.15) is 5.75 Å². The van der Waals surface area contributed by atoms with Crippen molar-refractivity contribution in [3.05, 3.63) is 28.0 Å². The second-order valence-electron chi connectivity index (χ2n) is 8.45. The molecule has 0 aliphatic heterocycles. The highest BCUT2D eigenvalue weighted by molar-refractivity contribution is 6.13. The highest BCUT2D eigenvalue weighted by Crippen LogP contribution is 2.60. The van der Waals surface area contributed by atoms with Crippen molar-refractivity contribution in [1.29, 1.82) is 0 Å². The van der Waals surface area contributed by atoms with E-state index in [2.05, 4.69) is 0 Å². The summed E-state index contributed by atoms with van der Waals surface area (Å²) in [5.41, 5.74) is -0.923. The van der Waals surface area contributed by atoms with E-state index in [1.807, 2.05) is 20.8 Å². The maximum Gasteiger partial charge on any atom is 0.231 e. The van der Waals surface area contributed by atoms with Crippen molar-refractivity contribution < 1.29 is 30.3 Å². The largest absolute Gasteiger partial charge is 0.507 e. The van der Waals surface area contributed by atoms with Gasteiger partial charge in [-0.2, -0.15) is 0 Å². The Kier molecular flexibility index (Phi) is 4.03. The molecule has 0 aromatic heterocycles. The van der Waals surface area contributed by atoms with E-state index in [4.69, 9.17) is 0 Å². The van der Waals surface area contributed by atoms with Crippen molar-refractivity contribution >= 4 is 5.78 Å². The van der Waals surface area contributed by atoms with E-state index in [0.29, 0.717) is 12.0 Å². The van der Waals surface area contributed by atoms with Gasteiger partial charge in [0.25, 0.3) is 0 Å². The van der Waals surface area contributed by atoms with Gasteiger partial charge >= 0.3 is 0 Å². The first-order valence-electron chi connectivity index (χ1n) is 8.90. The van der Waals surface area contributed by atoms with Gasteiger partial charge in [-0.05, 0) is 30.8 Å². The zero-order chi connectivity index (χ0) is 19.6. The second-order valence-corrected chi connectivity index (χ2v) is 8.45. The Morgan fingerprint density at radius 2 is 1.62 bits per heavy atom. The fourth-order valence-corrected chi connectivity index (χ4v) is 4.95. The van der Waals surface area contributed by atoms with Crippen molar-refractivity contribution in [2.75, 3.05) is 0 Å². The highest BCUT2D eigenvalue weighted by atomic mass is 16.3. The van der Waals surface area contributed by atoms with Crippen LogP contribution in [0.15, 0.2) is 11.3 Å². The number of ketones is 1. The van der Waals surface area contributed by atoms with Crippen LogP contribution in [0, 0.1) is 5.41 Å². The molecule has 0 amide bonds. The first-order chi connectivity index (χ1) is 11.9. The molecular formula is C20H26O6. The van der Waals surface area contributed by atoms with E-state index in [1.165, 1.54) is 6.92 Å². The van der Waals surface area contributed by atoms with E-state index in [0.717, 1.165) is 12.8 Å². The molecule has 26 heavy (non-hydrogen) atoms. The van der Waals surface area contributed by atoms with Crippen molar-refractivity contribution in [1.82, 2.24) is 0 Å². The summed E-state index contributed by atoms with van der Waals surface area (Å²) in [4.78, 5) is 12.9. The number of phenolic OH excluding ortho intramolecular Hbond substituents is 3. The van der Waals surface area contributed by atoms with E-state index in [-0.39, 0.29) is 23.1 Å². The Morgan fingerprint density at radius 1 is 1.00 bits per heavy atom. The third-order valence-electron chi connectivity index (χ3n) is 5.96. The summed E-state index contributed by atoms with van der Waals surface area (Å²) < 4.78 is 0. The fraction of sp³-hybridized carbons (Fsp3) is 0.550. The Morgan fingerprint density at radius 3 is 2.19 bits per heavy atom. The minimum atomic E-state index is -0.896. The molecule has 0 bridgehead atoms. The van der Waals surface area contributed by atoms with Crippen LogP contribution < -0.4 is 0 Å². The van der Waals surface area contributed by atoms with Crippen LogP contribution in [0.2, 0.25) is 0 Å². The number of rotatable bonds is 2. The molecule has 2 aliphatic rings. The van der Waals surface area contributed by atoms with Crippen molar-refractivity contribution in [2.45, 2.75) is 64.9 Å². The molecule has 0 unspecified atom stereocenters. The summed E-state index contributed by atoms with van der Waals surface area (Å²) in [6, 6.07) is 0. The SMILES string of the molecule is C[C@H](O)Cc1c(O)c(O)c2c(c1O)C(=O)C(O)=C1C(C)(C)CCC[C@@]12C. The molecule has 2 atom stereocenters. The molecule has 0 saturated heterocycles. The molecule has 6 nitrogen and oxygen atoms in total. The smallest absolute Gasteiger partial charge is 0.231 e. The van der Waals surface area contributed by atoms with Crippen LogP contribution in [0.4, 0.5) is 0 Å². The lowest BCUT2D eigenvalue weighted by molar-refractivity contribution is 0.0934. The normalized spacial score (nSPS) is 25.7. The molecule has 1 saturated carbocycles. The quantitative estimate of drug-likeness (QED) is 0.407. The van der Waals surface area contributed by atoms with Crippen LogP contribution in [0.1, 0.15) is 68.4 Å². The van der Waals surface area contributed by atoms with Crippen molar-refractivity contribution in [2.24, 2.45) is 5.41 Å². The number of benzene rings is 1. The maximum atomic E-state index is 12.9. The Bertz CT molecular complexity index is 833. The third-order valence-corrected chi connectivity index (χ3v) is 5.96. The second kappa shape index (κ2) is 5.64. The van der Waals surface area contributed by atoms with Crippen molar-refractivity contribution in [3.63, 3.8) is 0 Å². The predicted octanol–water partition coefficient (Wildman–Crippen LogP) is 3.20. The zero-order valence-corrected chi connectivity index (χ0v) is 15.6. The van der Waals surface area contributed by atoms with Gasteiger partial charge in [0.2, 0.25) is 5.78 Å². The summed E-state index contributed by atoms with van der Waals surface area (Å²) in [5.74, 6) is -2.64. The van der Waals surface area contributed by atoms with Crippen LogP contribution in [-0.2, 0) is 11.8 Å². The van der Waals surface area contributed by atoms with Gasteiger partial charge in [-0.1, -0.05) is 27.2 Å². The fourth-order valence-electron chi connectivity index (χ4n) is 4.95. The first kappa shape index (κ1) is 18.6. The first-order valence-corrected chi connectivity index (χ1v) is 8.90. The number of carbonyl (C=O) groups is 1. The highest BCUT2D eigenvalue weighted by Gasteiger charge is 2.53. The van der Waals surface area contributed by atoms with Gasteiger partial charge in [-0.25, -0.2) is 0 Å². The summed E-state index contributed by atoms with van der Waals surface area (Å²) in [6.07, 6.45) is 1.13. The number of aliphatic hydroxyl groups excluding tert-OH is 2. The minimum absolute atomic E-state index is 0.0977. The van der Waals surface area contributed by atoms with Gasteiger partial charge in [0.05, 0.1) is 11.7 Å². The molecule has 0 radical (unpaired) electrons. The van der Waals surface area contributed by atoms with Crippen LogP contribution in [0.5, 0.6) is 17.2 Å². The van der Waals surface area contributed by atoms with Crippen LogP contribution in [0.25, 0.3) is 0 Å². The molecule has 6 heteroatoms. The van der Waals surface area contributed by atoms with E-state index >= 15 is 0 Å². The molecule has 142 valence electrons. The lowest BCUT2D eigenvalue weighted by Crippen LogP contribution is -2.43. The number of hydrogen-bond donors (Lipinski definition) is 5. The molecule has 1 aromatic carbocycles. The Labute approximate surface area is 152 Å². The number of aliphatic hydroxyl groups is 2. The number of Topliss-reactive ketones (excluding diaryl/α,β-unsaturated/α-hetero) is 1. The number of carbonyl (C=O) groups excluding carboxylic acids is 1. The van der Waals surface area contributed by atoms with Gasteiger partial charge in [0.15, 0.2) is 17.3 Å². The summed E-state index contributed by atoms with van der Waals surface area (Å²) in [7, 11) is 0. The van der Waals surface area contributed by atoms with Gasteiger partial charge in [-0.3, -0.25) is 4.79 Å².